The van der Waals surface area contributed by atoms with Crippen LogP contribution >= 0.6 is 34.9 Å². The van der Waals surface area contributed by atoms with Gasteiger partial charge in [0, 0.05) is 34.6 Å². The van der Waals surface area contributed by atoms with E-state index in [1.165, 1.54) is 47.7 Å². The number of hydrogen-bond acceptors (Lipinski definition) is 16. The van der Waals surface area contributed by atoms with Crippen molar-refractivity contribution in [2.45, 2.75) is 61.8 Å². The summed E-state index contributed by atoms with van der Waals surface area (Å²) in [6.45, 7) is 4.43. The molecule has 4 aliphatic rings. The third-order valence-corrected chi connectivity index (χ3v) is 13.1. The highest BCUT2D eigenvalue weighted by Crippen LogP contribution is 2.41. The maximum absolute atomic E-state index is 13.1. The van der Waals surface area contributed by atoms with Gasteiger partial charge < -0.3 is 47.1 Å². The van der Waals surface area contributed by atoms with E-state index >= 15 is 0 Å². The van der Waals surface area contributed by atoms with Gasteiger partial charge in [-0.25, -0.2) is 19.1 Å². The third-order valence-electron chi connectivity index (χ3n) is 9.64. The Morgan fingerprint density at radius 1 is 0.967 bits per heavy atom. The molecule has 61 heavy (non-hydrogen) atoms. The van der Waals surface area contributed by atoms with E-state index in [-0.39, 0.29) is 34.5 Å². The quantitative estimate of drug-likeness (QED) is 0.0527. The second-order valence-corrected chi connectivity index (χ2v) is 17.4. The molecule has 2 saturated heterocycles. The zero-order valence-corrected chi connectivity index (χ0v) is 35.0. The van der Waals surface area contributed by atoms with E-state index in [0.29, 0.717) is 28.2 Å². The van der Waals surface area contributed by atoms with Gasteiger partial charge in [-0.2, -0.15) is 0 Å². The van der Waals surface area contributed by atoms with Crippen LogP contribution in [0.25, 0.3) is 0 Å². The van der Waals surface area contributed by atoms with Gasteiger partial charge in [0.25, 0.3) is 17.7 Å². The van der Waals surface area contributed by atoms with Gasteiger partial charge in [0.2, 0.25) is 11.5 Å². The van der Waals surface area contributed by atoms with E-state index < -0.39 is 76.0 Å². The minimum Gasteiger partial charge on any atom is -0.543 e. The van der Waals surface area contributed by atoms with E-state index in [1.807, 2.05) is 12.1 Å². The molecule has 5 atom stereocenters. The molecule has 7 rings (SSSR count). The number of nitrogen functional groups attached to an aromatic ring is 1. The number of carboxylic acids is 3. The Labute approximate surface area is 359 Å². The molecule has 1 aromatic carbocycles. The molecule has 3 aromatic rings. The fraction of sp³-hybridized carbons (Fsp3) is 0.316. The number of benzene rings is 1. The van der Waals surface area contributed by atoms with Crippen LogP contribution in [0.15, 0.2) is 94.0 Å². The number of pyridine rings is 1. The van der Waals surface area contributed by atoms with Gasteiger partial charge >= 0.3 is 11.9 Å². The number of fused-ring (bicyclic) bond motifs is 2. The largest absolute Gasteiger partial charge is 0.543 e. The van der Waals surface area contributed by atoms with E-state index in [9.17, 15) is 48.9 Å². The summed E-state index contributed by atoms with van der Waals surface area (Å²) in [6, 6.07) is 11.6. The molecule has 4 aliphatic heterocycles. The summed E-state index contributed by atoms with van der Waals surface area (Å²) in [7, 11) is 0. The topological polar surface area (TPSA) is 304 Å². The fourth-order valence-corrected chi connectivity index (χ4v) is 9.57. The first kappa shape index (κ1) is 44.3. The molecule has 0 aliphatic carbocycles. The number of carbonyl (C=O) groups is 7. The van der Waals surface area contributed by atoms with Gasteiger partial charge in [-0.3, -0.25) is 29.0 Å². The first-order chi connectivity index (χ1) is 28.9. The van der Waals surface area contributed by atoms with Gasteiger partial charge in [-0.05, 0) is 31.9 Å². The molecule has 4 amide bonds. The molecule has 23 heteroatoms. The first-order valence-electron chi connectivity index (χ1n) is 18.2. The minimum atomic E-state index is -1.75. The number of carboxylic acid groups (broad SMARTS) is 3. The number of aromatic nitrogens is 2. The van der Waals surface area contributed by atoms with Crippen molar-refractivity contribution in [3.8, 4) is 0 Å². The van der Waals surface area contributed by atoms with E-state index in [4.69, 9.17) is 16.3 Å². The maximum atomic E-state index is 13.1. The predicted octanol–water partition coefficient (Wildman–Crippen LogP) is -0.854. The molecule has 0 spiro atoms. The standard InChI is InChI=1S/C22H22N6O7S2.C16H17N3O4S/c1-22(2,20(33)34)35-26-13(12-10-37-21(23)24-12)16(29)25-14-17(30)28-15(19(31)32)11(9-36-18(14)28)8-27-6-4-3-5-7-27;1-8-7-24-15-11(14(21)19(15)12(8)16(22)23)18-13(20)10(17)9-5-3-2-4-6-9/h3-7,10,14,18H,8-9H2,1-2H3,(H4-,23,24,25,29,31,32,33,34);2-6,10-11,15H,7,17H2,1H3,(H,18,20)(H,22,23)/b26-13-;/t14-,18-;10-,11-,15-/m11/s1. The number of oxime groups is 1. The Balaban J connectivity index is 0.000000223. The summed E-state index contributed by atoms with van der Waals surface area (Å²) in [4.78, 5) is 96.8. The molecule has 2 aromatic heterocycles. The minimum absolute atomic E-state index is 0.0154. The maximum Gasteiger partial charge on any atom is 0.352 e. The summed E-state index contributed by atoms with van der Waals surface area (Å²) in [5.74, 6) is -5.50. The Morgan fingerprint density at radius 3 is 2.13 bits per heavy atom. The third kappa shape index (κ3) is 9.23. The van der Waals surface area contributed by atoms with Crippen LogP contribution in [0.3, 0.4) is 0 Å². The molecule has 0 saturated carbocycles. The van der Waals surface area contributed by atoms with Crippen LogP contribution in [0, 0.1) is 0 Å². The van der Waals surface area contributed by atoms with Crippen LogP contribution < -0.4 is 31.8 Å². The molecule has 0 radical (unpaired) electrons. The average molecular weight is 894 g/mol. The van der Waals surface area contributed by atoms with E-state index in [2.05, 4.69) is 20.8 Å². The number of thiazole rings is 1. The van der Waals surface area contributed by atoms with Crippen molar-refractivity contribution < 1.29 is 58.3 Å². The number of aliphatic carboxylic acids is 3. The smallest absolute Gasteiger partial charge is 0.352 e. The predicted molar refractivity (Wildman–Crippen MR) is 218 cm³/mol. The number of amides is 4. The lowest BCUT2D eigenvalue weighted by Gasteiger charge is -2.50. The summed E-state index contributed by atoms with van der Waals surface area (Å²) in [6.07, 6.45) is 3.55. The van der Waals surface area contributed by atoms with Crippen molar-refractivity contribution in [1.82, 2.24) is 25.4 Å². The number of rotatable bonds is 13. The monoisotopic (exact) mass is 893 g/mol. The van der Waals surface area contributed by atoms with Crippen LogP contribution in [0.2, 0.25) is 0 Å². The zero-order chi connectivity index (χ0) is 44.3. The van der Waals surface area contributed by atoms with Crippen molar-refractivity contribution >= 4 is 87.2 Å². The molecule has 0 bridgehead atoms. The van der Waals surface area contributed by atoms with Gasteiger partial charge in [0.05, 0.1) is 11.7 Å². The normalized spacial score (nSPS) is 21.4. The van der Waals surface area contributed by atoms with Gasteiger partial charge in [-0.15, -0.1) is 34.9 Å². The second-order valence-electron chi connectivity index (χ2n) is 14.3. The van der Waals surface area contributed by atoms with Crippen LogP contribution in [0.1, 0.15) is 38.1 Å². The lowest BCUT2D eigenvalue weighted by atomic mass is 10.0. The zero-order valence-electron chi connectivity index (χ0n) is 32.5. The number of nitrogens with two attached hydrogens (primary N) is 2. The number of carbonyl (C=O) groups excluding carboxylic acids is 5. The van der Waals surface area contributed by atoms with Crippen LogP contribution in [0.4, 0.5) is 5.13 Å². The van der Waals surface area contributed by atoms with Gasteiger partial charge in [-0.1, -0.05) is 41.6 Å². The number of hydrogen-bond donors (Lipinski definition) is 6. The number of nitrogens with zero attached hydrogens (tertiary/aromatic N) is 5. The van der Waals surface area contributed by atoms with Crippen LogP contribution in [-0.4, -0.2) is 112 Å². The molecular formula is C38H39N9O11S3. The molecule has 6 heterocycles. The number of nitrogens with one attached hydrogen (secondary N) is 2. The second kappa shape index (κ2) is 18.1. The van der Waals surface area contributed by atoms with Gasteiger partial charge in [0.15, 0.2) is 29.8 Å². The lowest BCUT2D eigenvalue weighted by Crippen LogP contribution is -2.71. The summed E-state index contributed by atoms with van der Waals surface area (Å²) < 4.78 is 1.78. The average Bonchev–Trinajstić information content (AvgIpc) is 3.67. The van der Waals surface area contributed by atoms with E-state index in [0.717, 1.165) is 16.2 Å². The van der Waals surface area contributed by atoms with Crippen molar-refractivity contribution in [2.75, 3.05) is 17.2 Å². The van der Waals surface area contributed by atoms with Crippen molar-refractivity contribution in [1.29, 1.82) is 0 Å². The molecule has 320 valence electrons. The summed E-state index contributed by atoms with van der Waals surface area (Å²) >= 11 is 3.75. The fourth-order valence-electron chi connectivity index (χ4n) is 6.39. The molecule has 8 N–H and O–H groups in total. The summed E-state index contributed by atoms with van der Waals surface area (Å²) in [5.41, 5.74) is 11.1. The Hall–Kier alpha value is -6.30. The highest BCUT2D eigenvalue weighted by molar-refractivity contribution is 8.00. The molecular weight excluding hydrogens is 855 g/mol. The van der Waals surface area contributed by atoms with Gasteiger partial charge in [0.1, 0.15) is 40.3 Å². The van der Waals surface area contributed by atoms with E-state index in [1.54, 1.807) is 60.3 Å². The molecule has 2 fully saturated rings. The molecule has 0 unspecified atom stereocenters. The van der Waals surface area contributed by atoms with Crippen molar-refractivity contribution in [3.05, 3.63) is 100 Å². The number of anilines is 1. The highest BCUT2D eigenvalue weighted by atomic mass is 32.2. The first-order valence-corrected chi connectivity index (χ1v) is 21.2. The van der Waals surface area contributed by atoms with Crippen molar-refractivity contribution in [2.24, 2.45) is 10.9 Å². The SMILES string of the molecule is CC(C)(O/N=C(\C(=O)N[C@@H]1C(=O)N2C(C(=O)[O-])=C(C[n+]3ccccc3)CS[C@H]12)c1csc(N)n1)C(=O)O.CC1=C(C(=O)O)N2C(=O)[C@@H](NC(=O)[C@H](N)c3ccccc3)[C@H]2SC1. The van der Waals surface area contributed by atoms with Crippen LogP contribution in [-0.2, 0) is 44.9 Å². The number of β-lactam (4-membered cyclic amide) rings is 2. The lowest BCUT2D eigenvalue weighted by molar-refractivity contribution is -0.689. The van der Waals surface area contributed by atoms with Crippen LogP contribution in [0.5, 0.6) is 0 Å². The Bertz CT molecular complexity index is 2370. The van der Waals surface area contributed by atoms with Crippen molar-refractivity contribution in [3.63, 3.8) is 0 Å². The Morgan fingerprint density at radius 2 is 1.56 bits per heavy atom. The highest BCUT2D eigenvalue weighted by Gasteiger charge is 2.55. The Kier molecular flexibility index (Phi) is 13.2. The number of thioether (sulfide) groups is 2. The molecule has 20 nitrogen and oxygen atoms in total. The summed E-state index contributed by atoms with van der Waals surface area (Å²) in [5, 5.41) is 39.9.